The van der Waals surface area contributed by atoms with Crippen LogP contribution in [0, 0.1) is 0 Å². The van der Waals surface area contributed by atoms with E-state index in [2.05, 4.69) is 27.3 Å². The van der Waals surface area contributed by atoms with Gasteiger partial charge in [0.2, 0.25) is 5.91 Å². The molecular formula is C23H28N4O2. The van der Waals surface area contributed by atoms with Gasteiger partial charge in [-0.15, -0.1) is 0 Å². The topological polar surface area (TPSA) is 59.4 Å². The van der Waals surface area contributed by atoms with Gasteiger partial charge < -0.3 is 14.6 Å². The van der Waals surface area contributed by atoms with Gasteiger partial charge in [-0.3, -0.25) is 9.69 Å². The van der Waals surface area contributed by atoms with E-state index in [0.717, 1.165) is 13.0 Å². The van der Waals surface area contributed by atoms with Crippen LogP contribution >= 0.6 is 0 Å². The highest BCUT2D eigenvalue weighted by atomic mass is 16.5. The Labute approximate surface area is 172 Å². The van der Waals surface area contributed by atoms with Crippen LogP contribution in [0.25, 0.3) is 0 Å². The van der Waals surface area contributed by atoms with Crippen molar-refractivity contribution in [2.45, 2.75) is 32.5 Å². The van der Waals surface area contributed by atoms with Crippen molar-refractivity contribution in [2.75, 3.05) is 19.0 Å². The predicted octanol–water partition coefficient (Wildman–Crippen LogP) is 3.81. The van der Waals surface area contributed by atoms with E-state index in [1.807, 2.05) is 67.2 Å². The Hall–Kier alpha value is -3.12. The molecular weight excluding hydrogens is 364 g/mol. The smallest absolute Gasteiger partial charge is 0.241 e. The van der Waals surface area contributed by atoms with Crippen molar-refractivity contribution >= 4 is 11.6 Å². The number of aromatic nitrogens is 2. The number of hydrogen-bond donors (Lipinski definition) is 1. The third-order valence-corrected chi connectivity index (χ3v) is 4.81. The molecule has 0 saturated heterocycles. The number of para-hydroxylation sites is 2. The molecule has 0 aliphatic heterocycles. The van der Waals surface area contributed by atoms with Crippen molar-refractivity contribution in [1.29, 1.82) is 0 Å². The maximum atomic E-state index is 13.0. The molecule has 0 aliphatic rings. The highest BCUT2D eigenvalue weighted by Crippen LogP contribution is 2.24. The Kier molecular flexibility index (Phi) is 7.41. The van der Waals surface area contributed by atoms with Gasteiger partial charge >= 0.3 is 0 Å². The van der Waals surface area contributed by atoms with Crippen molar-refractivity contribution in [3.63, 3.8) is 0 Å². The van der Waals surface area contributed by atoms with Crippen molar-refractivity contribution in [3.05, 3.63) is 78.9 Å². The molecule has 1 heterocycles. The monoisotopic (exact) mass is 392 g/mol. The number of benzene rings is 2. The third-order valence-electron chi connectivity index (χ3n) is 4.81. The lowest BCUT2D eigenvalue weighted by Gasteiger charge is -2.26. The number of carbonyl (C=O) groups excluding carboxylic acids is 1. The quantitative estimate of drug-likeness (QED) is 0.570. The Morgan fingerprint density at radius 3 is 2.66 bits per heavy atom. The van der Waals surface area contributed by atoms with E-state index in [9.17, 15) is 4.79 Å². The number of amides is 1. The molecule has 0 fully saturated rings. The van der Waals surface area contributed by atoms with E-state index < -0.39 is 0 Å². The highest BCUT2D eigenvalue weighted by Gasteiger charge is 2.22. The Morgan fingerprint density at radius 1 is 1.17 bits per heavy atom. The number of nitrogens with one attached hydrogen (secondary N) is 1. The predicted molar refractivity (Wildman–Crippen MR) is 115 cm³/mol. The molecule has 0 spiro atoms. The Morgan fingerprint density at radius 2 is 1.93 bits per heavy atom. The number of rotatable bonds is 10. The van der Waals surface area contributed by atoms with Crippen LogP contribution in [0.4, 0.5) is 5.69 Å². The number of anilines is 1. The van der Waals surface area contributed by atoms with Gasteiger partial charge in [0.25, 0.3) is 0 Å². The van der Waals surface area contributed by atoms with E-state index in [4.69, 9.17) is 4.74 Å². The van der Waals surface area contributed by atoms with Gasteiger partial charge in [0.05, 0.1) is 24.6 Å². The van der Waals surface area contributed by atoms with Gasteiger partial charge in [0.15, 0.2) is 0 Å². The van der Waals surface area contributed by atoms with Crippen LogP contribution in [0.15, 0.2) is 73.3 Å². The first-order valence-corrected chi connectivity index (χ1v) is 9.90. The number of nitrogens with zero attached hydrogens (tertiary/aromatic N) is 3. The zero-order valence-electron chi connectivity index (χ0n) is 17.0. The molecule has 0 unspecified atom stereocenters. The molecule has 29 heavy (non-hydrogen) atoms. The molecule has 0 saturated carbocycles. The molecule has 1 amide bonds. The molecule has 2 aromatic carbocycles. The first kappa shape index (κ1) is 20.6. The fourth-order valence-electron chi connectivity index (χ4n) is 3.27. The number of ether oxygens (including phenoxy) is 1. The van der Waals surface area contributed by atoms with Crippen molar-refractivity contribution < 1.29 is 9.53 Å². The number of carbonyl (C=O) groups is 1. The number of likely N-dealkylation sites (N-methyl/N-ethyl adjacent to an activating group) is 1. The van der Waals surface area contributed by atoms with E-state index >= 15 is 0 Å². The SMILES string of the molecule is CC[C@@H](C(=O)Nc1ccccc1OCCn1ccnc1)N(C)Cc1ccccc1. The second kappa shape index (κ2) is 10.4. The molecule has 152 valence electrons. The average molecular weight is 393 g/mol. The Balaban J connectivity index is 1.60. The van der Waals surface area contributed by atoms with Crippen molar-refractivity contribution in [1.82, 2.24) is 14.5 Å². The second-order valence-electron chi connectivity index (χ2n) is 6.96. The van der Waals surface area contributed by atoms with Gasteiger partial charge in [0.1, 0.15) is 12.4 Å². The maximum Gasteiger partial charge on any atom is 0.241 e. The van der Waals surface area contributed by atoms with Crippen LogP contribution in [0.1, 0.15) is 18.9 Å². The highest BCUT2D eigenvalue weighted by molar-refractivity contribution is 5.96. The average Bonchev–Trinajstić information content (AvgIpc) is 3.24. The lowest BCUT2D eigenvalue weighted by atomic mass is 10.1. The largest absolute Gasteiger partial charge is 0.490 e. The minimum atomic E-state index is -0.228. The summed E-state index contributed by atoms with van der Waals surface area (Å²) in [5.74, 6) is 0.637. The fraction of sp³-hybridized carbons (Fsp3) is 0.304. The molecule has 6 heteroatoms. The lowest BCUT2D eigenvalue weighted by molar-refractivity contribution is -0.121. The summed E-state index contributed by atoms with van der Waals surface area (Å²) in [7, 11) is 1.98. The van der Waals surface area contributed by atoms with Crippen LogP contribution in [-0.2, 0) is 17.9 Å². The van der Waals surface area contributed by atoms with Crippen molar-refractivity contribution in [2.24, 2.45) is 0 Å². The number of imidazole rings is 1. The van der Waals surface area contributed by atoms with Crippen LogP contribution in [0.3, 0.4) is 0 Å². The van der Waals surface area contributed by atoms with Crippen LogP contribution in [-0.4, -0.2) is 40.1 Å². The standard InChI is InChI=1S/C23H28N4O2/c1-3-21(26(2)17-19-9-5-4-6-10-19)23(28)25-20-11-7-8-12-22(20)29-16-15-27-14-13-24-18-27/h4-14,18,21H,3,15-17H2,1-2H3,(H,25,28)/t21-/m0/s1. The summed E-state index contributed by atoms with van der Waals surface area (Å²) in [6.07, 6.45) is 6.11. The van der Waals surface area contributed by atoms with E-state index in [1.54, 1.807) is 12.5 Å². The zero-order valence-corrected chi connectivity index (χ0v) is 17.0. The molecule has 1 atom stereocenters. The van der Waals surface area contributed by atoms with E-state index in [-0.39, 0.29) is 11.9 Å². The number of hydrogen-bond acceptors (Lipinski definition) is 4. The normalized spacial score (nSPS) is 12.0. The first-order valence-electron chi connectivity index (χ1n) is 9.90. The summed E-state index contributed by atoms with van der Waals surface area (Å²) in [5, 5.41) is 3.05. The fourth-order valence-corrected chi connectivity index (χ4v) is 3.27. The van der Waals surface area contributed by atoms with E-state index in [1.165, 1.54) is 5.56 Å². The summed E-state index contributed by atoms with van der Waals surface area (Å²) in [6, 6.07) is 17.5. The minimum Gasteiger partial charge on any atom is -0.490 e. The van der Waals surface area contributed by atoms with Gasteiger partial charge in [0, 0.05) is 18.9 Å². The van der Waals surface area contributed by atoms with Crippen LogP contribution in [0.5, 0.6) is 5.75 Å². The minimum absolute atomic E-state index is 0.0309. The van der Waals surface area contributed by atoms with Gasteiger partial charge in [-0.2, -0.15) is 0 Å². The summed E-state index contributed by atoms with van der Waals surface area (Å²) in [4.78, 5) is 19.1. The summed E-state index contributed by atoms with van der Waals surface area (Å²) < 4.78 is 7.86. The van der Waals surface area contributed by atoms with Crippen LogP contribution < -0.4 is 10.1 Å². The molecule has 0 bridgehead atoms. The third kappa shape index (κ3) is 5.93. The van der Waals surface area contributed by atoms with Crippen LogP contribution in [0.2, 0.25) is 0 Å². The lowest BCUT2D eigenvalue weighted by Crippen LogP contribution is -2.41. The summed E-state index contributed by atoms with van der Waals surface area (Å²) in [6.45, 7) is 3.93. The van der Waals surface area contributed by atoms with E-state index in [0.29, 0.717) is 24.6 Å². The van der Waals surface area contributed by atoms with Gasteiger partial charge in [-0.05, 0) is 31.2 Å². The Bertz CT molecular complexity index is 881. The van der Waals surface area contributed by atoms with Gasteiger partial charge in [-0.1, -0.05) is 49.4 Å². The second-order valence-corrected chi connectivity index (χ2v) is 6.96. The summed E-state index contributed by atoms with van der Waals surface area (Å²) in [5.41, 5.74) is 1.87. The van der Waals surface area contributed by atoms with Gasteiger partial charge in [-0.25, -0.2) is 4.98 Å². The summed E-state index contributed by atoms with van der Waals surface area (Å²) >= 11 is 0. The molecule has 1 aromatic heterocycles. The molecule has 3 rings (SSSR count). The molecule has 0 aliphatic carbocycles. The first-order chi connectivity index (χ1) is 14.2. The molecule has 3 aromatic rings. The molecule has 1 N–H and O–H groups in total. The maximum absolute atomic E-state index is 13.0. The molecule has 6 nitrogen and oxygen atoms in total. The molecule has 0 radical (unpaired) electrons. The zero-order chi connectivity index (χ0) is 20.5. The van der Waals surface area contributed by atoms with Crippen molar-refractivity contribution in [3.8, 4) is 5.75 Å².